The summed E-state index contributed by atoms with van der Waals surface area (Å²) in [6, 6.07) is 18.3. The van der Waals surface area contributed by atoms with Crippen molar-refractivity contribution in [3.05, 3.63) is 83.9 Å². The lowest BCUT2D eigenvalue weighted by Gasteiger charge is -2.15. The summed E-state index contributed by atoms with van der Waals surface area (Å²) in [5.41, 5.74) is 3.04. The molecule has 0 aromatic heterocycles. The fourth-order valence-electron chi connectivity index (χ4n) is 3.13. The monoisotopic (exact) mass is 458 g/mol. The van der Waals surface area contributed by atoms with Crippen molar-refractivity contribution in [2.45, 2.75) is 0 Å². The van der Waals surface area contributed by atoms with Crippen LogP contribution in [0.25, 0.3) is 11.1 Å². The van der Waals surface area contributed by atoms with Gasteiger partial charge in [0.2, 0.25) is 0 Å². The van der Waals surface area contributed by atoms with Gasteiger partial charge in [-0.15, -0.1) is 0 Å². The largest absolute Gasteiger partial charge is 0.497 e. The molecule has 0 radical (unpaired) electrons. The molecular weight excluding hydrogens is 432 g/mol. The molecule has 3 aromatic carbocycles. The number of esters is 1. The smallest absolute Gasteiger partial charge is 0.341 e. The zero-order chi connectivity index (χ0) is 24.5. The van der Waals surface area contributed by atoms with E-state index in [1.54, 1.807) is 33.5 Å². The highest BCUT2D eigenvalue weighted by atomic mass is 16.5. The maximum atomic E-state index is 12.6. The maximum Gasteiger partial charge on any atom is 0.341 e. The minimum atomic E-state index is -0.587. The maximum absolute atomic E-state index is 12.6. The zero-order valence-corrected chi connectivity index (χ0v) is 19.6. The van der Waals surface area contributed by atoms with Gasteiger partial charge in [-0.2, -0.15) is 0 Å². The first-order valence-corrected chi connectivity index (χ1v) is 10.4. The van der Waals surface area contributed by atoms with Crippen molar-refractivity contribution in [1.82, 2.24) is 0 Å². The van der Waals surface area contributed by atoms with Crippen molar-refractivity contribution in [1.29, 1.82) is 0 Å². The Morgan fingerprint density at radius 1 is 0.794 bits per heavy atom. The fraction of sp³-hybridized carbons (Fsp3) is 0.179. The molecular formula is C28H26O6. The van der Waals surface area contributed by atoms with Gasteiger partial charge in [-0.25, -0.2) is 4.79 Å². The number of carbonyl (C=O) groups excluding carboxylic acids is 1. The van der Waals surface area contributed by atoms with E-state index in [1.807, 2.05) is 48.5 Å². The lowest BCUT2D eigenvalue weighted by atomic mass is 10.0. The van der Waals surface area contributed by atoms with Crippen LogP contribution in [0.3, 0.4) is 0 Å². The molecule has 0 N–H and O–H groups in total. The Morgan fingerprint density at radius 3 is 1.97 bits per heavy atom. The minimum Gasteiger partial charge on any atom is -0.497 e. The molecule has 0 aliphatic carbocycles. The van der Waals surface area contributed by atoms with E-state index in [1.165, 1.54) is 7.11 Å². The first-order chi connectivity index (χ1) is 16.5. The standard InChI is InChI=1S/C28H26O6/c1-19(18-30-2)28(29)34-27-16-22(9-6-20-7-12-23(31-3)13-8-20)26(33-5)17-25(27)21-10-14-24(32-4)15-11-21/h7-8,10-17H,1,18H2,2-5H3. The van der Waals surface area contributed by atoms with Gasteiger partial charge in [0.1, 0.15) is 23.0 Å². The first-order valence-electron chi connectivity index (χ1n) is 10.4. The summed E-state index contributed by atoms with van der Waals surface area (Å²) in [6.07, 6.45) is 0. The zero-order valence-electron chi connectivity index (χ0n) is 19.6. The molecule has 0 aliphatic rings. The van der Waals surface area contributed by atoms with E-state index in [2.05, 4.69) is 18.4 Å². The van der Waals surface area contributed by atoms with Crippen LogP contribution in [-0.4, -0.2) is 41.0 Å². The number of hydrogen-bond acceptors (Lipinski definition) is 6. The van der Waals surface area contributed by atoms with E-state index in [0.717, 1.165) is 16.9 Å². The summed E-state index contributed by atoms with van der Waals surface area (Å²) in [5.74, 6) is 7.96. The van der Waals surface area contributed by atoms with Crippen molar-refractivity contribution >= 4 is 5.97 Å². The van der Waals surface area contributed by atoms with Crippen LogP contribution < -0.4 is 18.9 Å². The van der Waals surface area contributed by atoms with Gasteiger partial charge in [0.15, 0.2) is 0 Å². The molecule has 174 valence electrons. The third-order valence-electron chi connectivity index (χ3n) is 4.94. The molecule has 6 heteroatoms. The van der Waals surface area contributed by atoms with E-state index in [9.17, 15) is 4.79 Å². The Kier molecular flexibility index (Phi) is 8.33. The van der Waals surface area contributed by atoms with Crippen molar-refractivity contribution in [3.63, 3.8) is 0 Å². The van der Waals surface area contributed by atoms with Crippen molar-refractivity contribution in [2.24, 2.45) is 0 Å². The number of ether oxygens (including phenoxy) is 5. The third-order valence-corrected chi connectivity index (χ3v) is 4.94. The molecule has 0 atom stereocenters. The van der Waals surface area contributed by atoms with Crippen molar-refractivity contribution < 1.29 is 28.5 Å². The van der Waals surface area contributed by atoms with E-state index in [4.69, 9.17) is 23.7 Å². The molecule has 34 heavy (non-hydrogen) atoms. The second-order valence-corrected chi connectivity index (χ2v) is 7.18. The van der Waals surface area contributed by atoms with Gasteiger partial charge in [-0.05, 0) is 48.0 Å². The Labute approximate surface area is 199 Å². The number of methoxy groups -OCH3 is 4. The highest BCUT2D eigenvalue weighted by molar-refractivity contribution is 5.91. The number of benzene rings is 3. The second-order valence-electron chi connectivity index (χ2n) is 7.18. The molecule has 0 heterocycles. The normalized spacial score (nSPS) is 10.0. The Hall–Kier alpha value is -4.21. The summed E-state index contributed by atoms with van der Waals surface area (Å²) in [4.78, 5) is 12.6. The van der Waals surface area contributed by atoms with Gasteiger partial charge in [0, 0.05) is 24.3 Å². The van der Waals surface area contributed by atoms with E-state index >= 15 is 0 Å². The molecule has 0 bridgehead atoms. The predicted molar refractivity (Wildman–Crippen MR) is 131 cm³/mol. The van der Waals surface area contributed by atoms with E-state index in [-0.39, 0.29) is 12.2 Å². The molecule has 0 unspecified atom stereocenters. The molecule has 0 fully saturated rings. The summed E-state index contributed by atoms with van der Waals surface area (Å²) in [7, 11) is 6.27. The van der Waals surface area contributed by atoms with E-state index < -0.39 is 5.97 Å². The van der Waals surface area contributed by atoms with Crippen LogP contribution in [0, 0.1) is 11.8 Å². The number of hydrogen-bond donors (Lipinski definition) is 0. The summed E-state index contributed by atoms with van der Waals surface area (Å²) >= 11 is 0. The van der Waals surface area contributed by atoms with Crippen molar-refractivity contribution in [3.8, 4) is 46.0 Å². The summed E-state index contributed by atoms with van der Waals surface area (Å²) in [5, 5.41) is 0. The van der Waals surface area contributed by atoms with E-state index in [0.29, 0.717) is 28.4 Å². The van der Waals surface area contributed by atoms with Crippen LogP contribution >= 0.6 is 0 Å². The Morgan fingerprint density at radius 2 is 1.41 bits per heavy atom. The minimum absolute atomic E-state index is 0.0665. The topological polar surface area (TPSA) is 63.2 Å². The fourth-order valence-corrected chi connectivity index (χ4v) is 3.13. The van der Waals surface area contributed by atoms with Crippen LogP contribution in [0.1, 0.15) is 11.1 Å². The van der Waals surface area contributed by atoms with Crippen LogP contribution in [-0.2, 0) is 9.53 Å². The van der Waals surface area contributed by atoms with Gasteiger partial charge < -0.3 is 23.7 Å². The highest BCUT2D eigenvalue weighted by Crippen LogP contribution is 2.37. The van der Waals surface area contributed by atoms with Crippen LogP contribution in [0.5, 0.6) is 23.0 Å². The highest BCUT2D eigenvalue weighted by Gasteiger charge is 2.17. The number of rotatable bonds is 8. The molecule has 0 aliphatic heterocycles. The van der Waals surface area contributed by atoms with Crippen LogP contribution in [0.2, 0.25) is 0 Å². The Balaban J connectivity index is 2.07. The van der Waals surface area contributed by atoms with Gasteiger partial charge in [0.25, 0.3) is 0 Å². The molecule has 3 aromatic rings. The lowest BCUT2D eigenvalue weighted by Crippen LogP contribution is -2.14. The average molecular weight is 459 g/mol. The van der Waals surface area contributed by atoms with Gasteiger partial charge >= 0.3 is 5.97 Å². The molecule has 6 nitrogen and oxygen atoms in total. The van der Waals surface area contributed by atoms with Gasteiger partial charge in [0.05, 0.1) is 39.1 Å². The summed E-state index contributed by atoms with van der Waals surface area (Å²) in [6.45, 7) is 3.80. The molecule has 0 amide bonds. The average Bonchev–Trinajstić information content (AvgIpc) is 2.88. The SMILES string of the molecule is C=C(COC)C(=O)Oc1cc(C#Cc2ccc(OC)cc2)c(OC)cc1-c1ccc(OC)cc1. The first kappa shape index (κ1) is 24.4. The molecule has 0 saturated heterocycles. The molecule has 0 spiro atoms. The lowest BCUT2D eigenvalue weighted by molar-refractivity contribution is -0.130. The Bertz CT molecular complexity index is 1210. The van der Waals surface area contributed by atoms with Crippen molar-refractivity contribution in [2.75, 3.05) is 35.0 Å². The quantitative estimate of drug-likeness (QED) is 0.207. The van der Waals surface area contributed by atoms with Crippen LogP contribution in [0.15, 0.2) is 72.8 Å². The second kappa shape index (κ2) is 11.6. The van der Waals surface area contributed by atoms with Gasteiger partial charge in [-0.3, -0.25) is 0 Å². The predicted octanol–water partition coefficient (Wildman–Crippen LogP) is 4.89. The third kappa shape index (κ3) is 5.97. The van der Waals surface area contributed by atoms with Gasteiger partial charge in [-0.1, -0.05) is 30.6 Å². The molecule has 0 saturated carbocycles. The molecule has 3 rings (SSSR count). The summed E-state index contributed by atoms with van der Waals surface area (Å²) < 4.78 is 26.7. The van der Waals surface area contributed by atoms with Crippen LogP contribution in [0.4, 0.5) is 0 Å². The number of carbonyl (C=O) groups is 1.